The Balaban J connectivity index is 2.04. The van der Waals surface area contributed by atoms with Crippen LogP contribution in [0.15, 0.2) is 34.8 Å². The van der Waals surface area contributed by atoms with E-state index in [1.54, 1.807) is 0 Å². The molecule has 1 aromatic heterocycles. The van der Waals surface area contributed by atoms with Crippen LogP contribution in [-0.2, 0) is 6.54 Å². The minimum Gasteiger partial charge on any atom is -0.370 e. The standard InChI is InChI=1S/C13H16BrN5/c1-2-16-11-7-12(19-13(15)18-11)17-8-9-3-5-10(14)6-4-9/h3-7H,2,8H2,1H3,(H4,15,16,17,18,19). The van der Waals surface area contributed by atoms with Crippen molar-refractivity contribution in [3.05, 3.63) is 40.4 Å². The molecule has 6 heteroatoms. The molecule has 5 nitrogen and oxygen atoms in total. The molecule has 0 aliphatic heterocycles. The molecule has 2 aromatic rings. The van der Waals surface area contributed by atoms with Crippen LogP contribution in [0.1, 0.15) is 12.5 Å². The number of nitrogen functional groups attached to an aromatic ring is 1. The van der Waals surface area contributed by atoms with E-state index in [4.69, 9.17) is 5.73 Å². The van der Waals surface area contributed by atoms with Crippen LogP contribution in [0.4, 0.5) is 17.6 Å². The summed E-state index contributed by atoms with van der Waals surface area (Å²) in [4.78, 5) is 8.25. The highest BCUT2D eigenvalue weighted by Gasteiger charge is 2.01. The summed E-state index contributed by atoms with van der Waals surface area (Å²) >= 11 is 3.41. The average Bonchev–Trinajstić information content (AvgIpc) is 2.38. The van der Waals surface area contributed by atoms with Crippen molar-refractivity contribution in [2.75, 3.05) is 22.9 Å². The maximum Gasteiger partial charge on any atom is 0.223 e. The van der Waals surface area contributed by atoms with E-state index in [1.807, 2.05) is 37.3 Å². The molecule has 0 amide bonds. The van der Waals surface area contributed by atoms with Crippen molar-refractivity contribution in [2.24, 2.45) is 0 Å². The van der Waals surface area contributed by atoms with Crippen LogP contribution in [0.2, 0.25) is 0 Å². The molecule has 100 valence electrons. The van der Waals surface area contributed by atoms with Gasteiger partial charge in [-0.05, 0) is 24.6 Å². The Labute approximate surface area is 120 Å². The molecule has 0 saturated heterocycles. The lowest BCUT2D eigenvalue weighted by atomic mass is 10.2. The molecule has 0 saturated carbocycles. The quantitative estimate of drug-likeness (QED) is 0.789. The number of nitrogens with two attached hydrogens (primary N) is 1. The number of halogens is 1. The number of hydrogen-bond acceptors (Lipinski definition) is 5. The van der Waals surface area contributed by atoms with Crippen molar-refractivity contribution in [3.63, 3.8) is 0 Å². The van der Waals surface area contributed by atoms with Crippen LogP contribution in [-0.4, -0.2) is 16.5 Å². The van der Waals surface area contributed by atoms with Gasteiger partial charge in [-0.1, -0.05) is 28.1 Å². The maximum absolute atomic E-state index is 5.67. The Morgan fingerprint density at radius 2 is 1.74 bits per heavy atom. The SMILES string of the molecule is CCNc1cc(NCc2ccc(Br)cc2)nc(N)n1. The molecule has 0 radical (unpaired) electrons. The Morgan fingerprint density at radius 1 is 1.11 bits per heavy atom. The summed E-state index contributed by atoms with van der Waals surface area (Å²) < 4.78 is 1.07. The third-order valence-corrected chi connectivity index (χ3v) is 3.02. The Hall–Kier alpha value is -1.82. The molecule has 0 bridgehead atoms. The predicted molar refractivity (Wildman–Crippen MR) is 82.1 cm³/mol. The van der Waals surface area contributed by atoms with Crippen LogP contribution in [0.5, 0.6) is 0 Å². The van der Waals surface area contributed by atoms with Gasteiger partial charge in [0.05, 0.1) is 0 Å². The Bertz CT molecular complexity index is 541. The van der Waals surface area contributed by atoms with E-state index in [-0.39, 0.29) is 5.95 Å². The summed E-state index contributed by atoms with van der Waals surface area (Å²) in [6.45, 7) is 3.49. The van der Waals surface area contributed by atoms with Crippen LogP contribution >= 0.6 is 15.9 Å². The van der Waals surface area contributed by atoms with Crippen molar-refractivity contribution in [3.8, 4) is 0 Å². The normalized spacial score (nSPS) is 10.2. The predicted octanol–water partition coefficient (Wildman–Crippen LogP) is 2.87. The first-order valence-corrected chi connectivity index (χ1v) is 6.83. The highest BCUT2D eigenvalue weighted by Crippen LogP contribution is 2.15. The second kappa shape index (κ2) is 6.38. The fourth-order valence-corrected chi connectivity index (χ4v) is 1.89. The van der Waals surface area contributed by atoms with E-state index in [1.165, 1.54) is 5.56 Å². The maximum atomic E-state index is 5.67. The van der Waals surface area contributed by atoms with E-state index in [9.17, 15) is 0 Å². The number of hydrogen-bond donors (Lipinski definition) is 3. The van der Waals surface area contributed by atoms with E-state index >= 15 is 0 Å². The van der Waals surface area contributed by atoms with E-state index in [0.29, 0.717) is 12.4 Å². The molecule has 0 spiro atoms. The summed E-state index contributed by atoms with van der Waals surface area (Å²) in [5.41, 5.74) is 6.84. The van der Waals surface area contributed by atoms with Crippen LogP contribution in [0.25, 0.3) is 0 Å². The average molecular weight is 322 g/mol. The summed E-state index contributed by atoms with van der Waals surface area (Å²) in [6.07, 6.45) is 0. The molecular weight excluding hydrogens is 306 g/mol. The van der Waals surface area contributed by atoms with Crippen LogP contribution < -0.4 is 16.4 Å². The zero-order valence-corrected chi connectivity index (χ0v) is 12.2. The van der Waals surface area contributed by atoms with E-state index in [2.05, 4.69) is 36.5 Å². The minimum atomic E-state index is 0.261. The molecule has 0 atom stereocenters. The number of aromatic nitrogens is 2. The second-order valence-electron chi connectivity index (χ2n) is 4.01. The summed E-state index contributed by atoms with van der Waals surface area (Å²) in [7, 11) is 0. The highest BCUT2D eigenvalue weighted by molar-refractivity contribution is 9.10. The van der Waals surface area contributed by atoms with Gasteiger partial charge in [-0.25, -0.2) is 0 Å². The molecule has 2 rings (SSSR count). The van der Waals surface area contributed by atoms with Crippen LogP contribution in [0, 0.1) is 0 Å². The van der Waals surface area contributed by atoms with Crippen molar-refractivity contribution < 1.29 is 0 Å². The van der Waals surface area contributed by atoms with Gasteiger partial charge in [0.2, 0.25) is 5.95 Å². The summed E-state index contributed by atoms with van der Waals surface area (Å²) in [5.74, 6) is 1.71. The first kappa shape index (κ1) is 13.6. The van der Waals surface area contributed by atoms with Crippen molar-refractivity contribution in [1.29, 1.82) is 0 Å². The van der Waals surface area contributed by atoms with Crippen LogP contribution in [0.3, 0.4) is 0 Å². The lowest BCUT2D eigenvalue weighted by molar-refractivity contribution is 1.07. The number of nitrogens with zero attached hydrogens (tertiary/aromatic N) is 2. The van der Waals surface area contributed by atoms with E-state index in [0.717, 1.165) is 16.8 Å². The lowest BCUT2D eigenvalue weighted by Gasteiger charge is -2.09. The van der Waals surface area contributed by atoms with Crippen molar-refractivity contribution >= 4 is 33.5 Å². The molecule has 1 heterocycles. The van der Waals surface area contributed by atoms with Gasteiger partial charge in [-0.2, -0.15) is 9.97 Å². The molecule has 0 aliphatic carbocycles. The van der Waals surface area contributed by atoms with E-state index < -0.39 is 0 Å². The van der Waals surface area contributed by atoms with Gasteiger partial charge in [-0.3, -0.25) is 0 Å². The van der Waals surface area contributed by atoms with Crippen molar-refractivity contribution in [2.45, 2.75) is 13.5 Å². The first-order chi connectivity index (χ1) is 9.17. The second-order valence-corrected chi connectivity index (χ2v) is 4.92. The summed E-state index contributed by atoms with van der Waals surface area (Å²) in [6, 6.07) is 9.96. The van der Waals surface area contributed by atoms with Gasteiger partial charge in [0.15, 0.2) is 0 Å². The monoisotopic (exact) mass is 321 g/mol. The lowest BCUT2D eigenvalue weighted by Crippen LogP contribution is -2.07. The number of anilines is 3. The molecule has 0 aliphatic rings. The largest absolute Gasteiger partial charge is 0.370 e. The topological polar surface area (TPSA) is 75.9 Å². The highest BCUT2D eigenvalue weighted by atomic mass is 79.9. The van der Waals surface area contributed by atoms with Gasteiger partial charge in [0.25, 0.3) is 0 Å². The molecule has 0 unspecified atom stereocenters. The Morgan fingerprint density at radius 3 is 2.37 bits per heavy atom. The molecule has 4 N–H and O–H groups in total. The van der Waals surface area contributed by atoms with Crippen molar-refractivity contribution in [1.82, 2.24) is 9.97 Å². The Kier molecular flexibility index (Phi) is 4.57. The van der Waals surface area contributed by atoms with Gasteiger partial charge in [0, 0.05) is 23.6 Å². The van der Waals surface area contributed by atoms with Gasteiger partial charge in [0.1, 0.15) is 11.6 Å². The number of benzene rings is 1. The van der Waals surface area contributed by atoms with Gasteiger partial charge in [-0.15, -0.1) is 0 Å². The first-order valence-electron chi connectivity index (χ1n) is 6.04. The minimum absolute atomic E-state index is 0.261. The van der Waals surface area contributed by atoms with Gasteiger partial charge < -0.3 is 16.4 Å². The smallest absolute Gasteiger partial charge is 0.223 e. The zero-order chi connectivity index (χ0) is 13.7. The number of rotatable bonds is 5. The molecular formula is C13H16BrN5. The molecule has 1 aromatic carbocycles. The third-order valence-electron chi connectivity index (χ3n) is 2.49. The third kappa shape index (κ3) is 4.10. The summed E-state index contributed by atoms with van der Waals surface area (Å²) in [5, 5.41) is 6.35. The fourth-order valence-electron chi connectivity index (χ4n) is 1.62. The zero-order valence-electron chi connectivity index (χ0n) is 10.7. The number of nitrogens with one attached hydrogen (secondary N) is 2. The molecule has 19 heavy (non-hydrogen) atoms. The fraction of sp³-hybridized carbons (Fsp3) is 0.231. The molecule has 0 fully saturated rings. The van der Waals surface area contributed by atoms with Gasteiger partial charge >= 0.3 is 0 Å².